The molecule has 2 rings (SSSR count). The third kappa shape index (κ3) is 6.79. The van der Waals surface area contributed by atoms with Gasteiger partial charge in [0.25, 0.3) is 11.8 Å². The summed E-state index contributed by atoms with van der Waals surface area (Å²) in [5.74, 6) is -0.771. The first kappa shape index (κ1) is 21.6. The van der Waals surface area contributed by atoms with Crippen molar-refractivity contribution in [3.8, 4) is 5.75 Å². The number of carbonyl (C=O) groups excluding carboxylic acids is 3. The highest BCUT2D eigenvalue weighted by Gasteiger charge is 2.17. The van der Waals surface area contributed by atoms with Crippen LogP contribution in [-0.2, 0) is 9.59 Å². The van der Waals surface area contributed by atoms with Crippen molar-refractivity contribution in [3.63, 3.8) is 0 Å². The zero-order chi connectivity index (χ0) is 20.5. The van der Waals surface area contributed by atoms with E-state index in [4.69, 9.17) is 32.4 Å². The average Bonchev–Trinajstić information content (AvgIpc) is 3.19. The van der Waals surface area contributed by atoms with Crippen LogP contribution in [0.3, 0.4) is 0 Å². The lowest BCUT2D eigenvalue weighted by atomic mass is 10.3. The topological polar surface area (TPSA) is 101 Å². The van der Waals surface area contributed by atoms with Gasteiger partial charge >= 0.3 is 0 Å². The van der Waals surface area contributed by atoms with Crippen LogP contribution in [0.15, 0.2) is 41.0 Å². The maximum absolute atomic E-state index is 11.9. The summed E-state index contributed by atoms with van der Waals surface area (Å²) >= 11 is 11.8. The molecule has 0 spiro atoms. The van der Waals surface area contributed by atoms with E-state index in [0.29, 0.717) is 22.2 Å². The maximum atomic E-state index is 11.9. The number of nitrogens with zero attached hydrogens (tertiary/aromatic N) is 1. The van der Waals surface area contributed by atoms with Crippen LogP contribution in [0.1, 0.15) is 23.4 Å². The van der Waals surface area contributed by atoms with E-state index in [0.717, 1.165) is 0 Å². The van der Waals surface area contributed by atoms with Crippen LogP contribution in [0.5, 0.6) is 5.75 Å². The summed E-state index contributed by atoms with van der Waals surface area (Å²) in [4.78, 5) is 36.7. The standard InChI is InChI=1S/C18H19Cl2N3O5/c1-23(18(26)15-4-2-8-28-15)11-17(25)22-21-16(24)5-3-9-27-14-7-6-12(19)10-13(14)20/h2,4,6-8,10H,3,5,9,11H2,1H3,(H,21,24)(H,22,25). The Morgan fingerprint density at radius 3 is 2.57 bits per heavy atom. The molecule has 150 valence electrons. The number of ether oxygens (including phenoxy) is 1. The largest absolute Gasteiger partial charge is 0.492 e. The van der Waals surface area contributed by atoms with E-state index >= 15 is 0 Å². The lowest BCUT2D eigenvalue weighted by molar-refractivity contribution is -0.129. The highest BCUT2D eigenvalue weighted by Crippen LogP contribution is 2.27. The maximum Gasteiger partial charge on any atom is 0.289 e. The van der Waals surface area contributed by atoms with E-state index in [1.807, 2.05) is 0 Å². The zero-order valence-corrected chi connectivity index (χ0v) is 16.5. The molecule has 0 unspecified atom stereocenters. The first-order chi connectivity index (χ1) is 13.4. The Morgan fingerprint density at radius 2 is 1.89 bits per heavy atom. The Kier molecular flexibility index (Phi) is 8.16. The van der Waals surface area contributed by atoms with Gasteiger partial charge in [0.15, 0.2) is 5.76 Å². The van der Waals surface area contributed by atoms with E-state index < -0.39 is 11.8 Å². The van der Waals surface area contributed by atoms with Gasteiger partial charge in [0, 0.05) is 18.5 Å². The Balaban J connectivity index is 1.62. The van der Waals surface area contributed by atoms with Gasteiger partial charge < -0.3 is 14.1 Å². The number of benzene rings is 1. The van der Waals surface area contributed by atoms with Crippen molar-refractivity contribution in [2.45, 2.75) is 12.8 Å². The Morgan fingerprint density at radius 1 is 1.14 bits per heavy atom. The Hall–Kier alpha value is -2.71. The number of hydrogen-bond acceptors (Lipinski definition) is 5. The predicted molar refractivity (Wildman–Crippen MR) is 103 cm³/mol. The van der Waals surface area contributed by atoms with E-state index in [1.54, 1.807) is 24.3 Å². The third-order valence-corrected chi connectivity index (χ3v) is 4.03. The smallest absolute Gasteiger partial charge is 0.289 e. The van der Waals surface area contributed by atoms with Crippen molar-refractivity contribution in [1.29, 1.82) is 0 Å². The van der Waals surface area contributed by atoms with Gasteiger partial charge in [-0.3, -0.25) is 25.2 Å². The number of furan rings is 1. The summed E-state index contributed by atoms with van der Waals surface area (Å²) in [5.41, 5.74) is 4.53. The molecular formula is C18H19Cl2N3O5. The van der Waals surface area contributed by atoms with E-state index in [1.165, 1.54) is 24.3 Å². The van der Waals surface area contributed by atoms with Crippen LogP contribution in [-0.4, -0.2) is 42.8 Å². The fraction of sp³-hybridized carbons (Fsp3) is 0.278. The highest BCUT2D eigenvalue weighted by atomic mass is 35.5. The number of likely N-dealkylation sites (N-methyl/N-ethyl adjacent to an activating group) is 1. The fourth-order valence-electron chi connectivity index (χ4n) is 2.12. The van der Waals surface area contributed by atoms with Gasteiger partial charge in [-0.05, 0) is 36.8 Å². The minimum atomic E-state index is -0.542. The molecule has 1 aromatic carbocycles. The Bertz CT molecular complexity index is 827. The first-order valence-electron chi connectivity index (χ1n) is 8.31. The van der Waals surface area contributed by atoms with Crippen molar-refractivity contribution in [2.24, 2.45) is 0 Å². The van der Waals surface area contributed by atoms with Crippen molar-refractivity contribution >= 4 is 40.9 Å². The molecule has 0 atom stereocenters. The number of hydrazine groups is 1. The molecule has 0 aliphatic carbocycles. The van der Waals surface area contributed by atoms with Gasteiger partial charge in [0.2, 0.25) is 5.91 Å². The van der Waals surface area contributed by atoms with Gasteiger partial charge in [-0.1, -0.05) is 23.2 Å². The first-order valence-corrected chi connectivity index (χ1v) is 9.07. The third-order valence-electron chi connectivity index (χ3n) is 3.50. The lowest BCUT2D eigenvalue weighted by Gasteiger charge is -2.15. The van der Waals surface area contributed by atoms with Gasteiger partial charge in [-0.2, -0.15) is 0 Å². The molecule has 1 aromatic heterocycles. The molecule has 10 heteroatoms. The van der Waals surface area contributed by atoms with Crippen molar-refractivity contribution in [1.82, 2.24) is 15.8 Å². The number of halogens is 2. The minimum Gasteiger partial charge on any atom is -0.492 e. The number of nitrogens with one attached hydrogen (secondary N) is 2. The molecular weight excluding hydrogens is 409 g/mol. The molecule has 28 heavy (non-hydrogen) atoms. The van der Waals surface area contributed by atoms with Gasteiger partial charge in [-0.15, -0.1) is 0 Å². The number of carbonyl (C=O) groups is 3. The molecule has 1 heterocycles. The van der Waals surface area contributed by atoms with Crippen molar-refractivity contribution < 1.29 is 23.5 Å². The van der Waals surface area contributed by atoms with Crippen LogP contribution in [0.25, 0.3) is 0 Å². The lowest BCUT2D eigenvalue weighted by Crippen LogP contribution is -2.46. The minimum absolute atomic E-state index is 0.125. The zero-order valence-electron chi connectivity index (χ0n) is 15.0. The molecule has 3 amide bonds. The summed E-state index contributed by atoms with van der Waals surface area (Å²) in [5, 5.41) is 0.890. The number of amides is 3. The molecule has 0 bridgehead atoms. The van der Waals surface area contributed by atoms with Crippen LogP contribution < -0.4 is 15.6 Å². The molecule has 0 saturated carbocycles. The predicted octanol–water partition coefficient (Wildman–Crippen LogP) is 2.67. The van der Waals surface area contributed by atoms with Gasteiger partial charge in [0.05, 0.1) is 17.9 Å². The van der Waals surface area contributed by atoms with Crippen LogP contribution in [0.4, 0.5) is 0 Å². The molecule has 0 saturated heterocycles. The van der Waals surface area contributed by atoms with E-state index in [9.17, 15) is 14.4 Å². The number of rotatable bonds is 8. The molecule has 0 fully saturated rings. The molecule has 0 aliphatic heterocycles. The van der Waals surface area contributed by atoms with Crippen LogP contribution in [0, 0.1) is 0 Å². The molecule has 0 aliphatic rings. The second-order valence-electron chi connectivity index (χ2n) is 5.76. The monoisotopic (exact) mass is 427 g/mol. The van der Waals surface area contributed by atoms with Crippen molar-refractivity contribution in [2.75, 3.05) is 20.2 Å². The quantitative estimate of drug-likeness (QED) is 0.498. The molecule has 8 nitrogen and oxygen atoms in total. The van der Waals surface area contributed by atoms with E-state index in [2.05, 4.69) is 10.9 Å². The number of hydrogen-bond donors (Lipinski definition) is 2. The summed E-state index contributed by atoms with van der Waals surface area (Å²) in [6.07, 6.45) is 1.91. The second-order valence-corrected chi connectivity index (χ2v) is 6.61. The molecule has 2 aromatic rings. The SMILES string of the molecule is CN(CC(=O)NNC(=O)CCCOc1ccc(Cl)cc1Cl)C(=O)c1ccco1. The molecule has 0 radical (unpaired) electrons. The van der Waals surface area contributed by atoms with Gasteiger partial charge in [-0.25, -0.2) is 0 Å². The summed E-state index contributed by atoms with van der Waals surface area (Å²) in [6, 6.07) is 7.93. The van der Waals surface area contributed by atoms with Gasteiger partial charge in [0.1, 0.15) is 12.3 Å². The normalized spacial score (nSPS) is 10.2. The Labute approximate surface area is 171 Å². The average molecular weight is 428 g/mol. The molecule has 2 N–H and O–H groups in total. The fourth-order valence-corrected chi connectivity index (χ4v) is 2.59. The van der Waals surface area contributed by atoms with Crippen molar-refractivity contribution in [3.05, 3.63) is 52.4 Å². The highest BCUT2D eigenvalue weighted by molar-refractivity contribution is 6.35. The summed E-state index contributed by atoms with van der Waals surface area (Å²) in [7, 11) is 1.45. The van der Waals surface area contributed by atoms with Crippen LogP contribution in [0.2, 0.25) is 10.0 Å². The van der Waals surface area contributed by atoms with E-state index in [-0.39, 0.29) is 31.2 Å². The second kappa shape index (κ2) is 10.6. The summed E-state index contributed by atoms with van der Waals surface area (Å²) in [6.45, 7) is 0.0289. The van der Waals surface area contributed by atoms with Crippen LogP contribution >= 0.6 is 23.2 Å². The summed E-state index contributed by atoms with van der Waals surface area (Å²) < 4.78 is 10.4.